The lowest BCUT2D eigenvalue weighted by molar-refractivity contribution is 0.0773. The number of piperidine rings is 1. The third-order valence-electron chi connectivity index (χ3n) is 7.17. The molecule has 1 aliphatic heterocycles. The van der Waals surface area contributed by atoms with Gasteiger partial charge in [-0.25, -0.2) is 0 Å². The van der Waals surface area contributed by atoms with Crippen molar-refractivity contribution < 1.29 is 9.90 Å². The van der Waals surface area contributed by atoms with Crippen molar-refractivity contribution in [2.45, 2.75) is 64.7 Å². The summed E-state index contributed by atoms with van der Waals surface area (Å²) in [5.41, 5.74) is 3.03. The Balaban J connectivity index is 1.83. The molecule has 0 radical (unpaired) electrons. The van der Waals surface area contributed by atoms with Crippen molar-refractivity contribution in [1.82, 2.24) is 9.80 Å². The standard InChI is InChI=1S/C28H40N2O2/c1-4-7-8-9-19-29-20-17-28(18-21-29,25-11-10-12-26(31)22-25)24-15-13-23(14-16-24)27(32)30(5-2)6-3/h10-16,22,31H,4-9,17-21H2,1-3H3. The number of rotatable bonds is 10. The van der Waals surface area contributed by atoms with Gasteiger partial charge in [-0.2, -0.15) is 0 Å². The van der Waals surface area contributed by atoms with Crippen LogP contribution in [0.15, 0.2) is 48.5 Å². The lowest BCUT2D eigenvalue weighted by atomic mass is 9.68. The van der Waals surface area contributed by atoms with E-state index in [1.807, 2.05) is 43.0 Å². The highest BCUT2D eigenvalue weighted by Gasteiger charge is 2.38. The summed E-state index contributed by atoms with van der Waals surface area (Å²) in [5, 5.41) is 10.2. The Kier molecular flexibility index (Phi) is 8.75. The predicted molar refractivity (Wildman–Crippen MR) is 132 cm³/mol. The first kappa shape index (κ1) is 24.3. The highest BCUT2D eigenvalue weighted by atomic mass is 16.3. The number of phenols is 1. The van der Waals surface area contributed by atoms with Crippen molar-refractivity contribution in [3.8, 4) is 5.75 Å². The Hall–Kier alpha value is -2.33. The van der Waals surface area contributed by atoms with Crippen LogP contribution in [0.25, 0.3) is 0 Å². The summed E-state index contributed by atoms with van der Waals surface area (Å²) in [4.78, 5) is 17.2. The monoisotopic (exact) mass is 436 g/mol. The molecule has 0 spiro atoms. The fourth-order valence-electron chi connectivity index (χ4n) is 5.09. The van der Waals surface area contributed by atoms with Gasteiger partial charge in [-0.3, -0.25) is 4.79 Å². The van der Waals surface area contributed by atoms with Gasteiger partial charge in [-0.1, -0.05) is 50.5 Å². The molecule has 0 aliphatic carbocycles. The lowest BCUT2D eigenvalue weighted by Crippen LogP contribution is -2.43. The van der Waals surface area contributed by atoms with Crippen LogP contribution >= 0.6 is 0 Å². The molecule has 1 N–H and O–H groups in total. The van der Waals surface area contributed by atoms with E-state index in [0.29, 0.717) is 5.75 Å². The number of nitrogens with zero attached hydrogens (tertiary/aromatic N) is 2. The maximum absolute atomic E-state index is 12.8. The maximum Gasteiger partial charge on any atom is 0.253 e. The molecule has 0 saturated carbocycles. The molecule has 174 valence electrons. The smallest absolute Gasteiger partial charge is 0.253 e. The minimum Gasteiger partial charge on any atom is -0.508 e. The largest absolute Gasteiger partial charge is 0.508 e. The second-order valence-electron chi connectivity index (χ2n) is 9.09. The third-order valence-corrected chi connectivity index (χ3v) is 7.17. The molecule has 1 saturated heterocycles. The van der Waals surface area contributed by atoms with E-state index in [1.165, 1.54) is 43.4 Å². The van der Waals surface area contributed by atoms with Crippen LogP contribution in [0.1, 0.15) is 80.8 Å². The van der Waals surface area contributed by atoms with E-state index in [-0.39, 0.29) is 11.3 Å². The summed E-state index contributed by atoms with van der Waals surface area (Å²) in [6.07, 6.45) is 7.22. The molecule has 0 bridgehead atoms. The predicted octanol–water partition coefficient (Wildman–Crippen LogP) is 5.84. The first-order valence-corrected chi connectivity index (χ1v) is 12.5. The number of aromatic hydroxyl groups is 1. The van der Waals surface area contributed by atoms with Crippen LogP contribution in [0, 0.1) is 0 Å². The zero-order valence-corrected chi connectivity index (χ0v) is 20.1. The molecule has 32 heavy (non-hydrogen) atoms. The average Bonchev–Trinajstić information content (AvgIpc) is 2.83. The number of hydrogen-bond acceptors (Lipinski definition) is 3. The van der Waals surface area contributed by atoms with Crippen LogP contribution in [0.4, 0.5) is 0 Å². The second kappa shape index (κ2) is 11.5. The zero-order chi connectivity index (χ0) is 23.0. The topological polar surface area (TPSA) is 43.8 Å². The minimum absolute atomic E-state index is 0.0925. The molecule has 0 atom stereocenters. The summed E-state index contributed by atoms with van der Waals surface area (Å²) in [6.45, 7) is 11.0. The molecular weight excluding hydrogens is 396 g/mol. The van der Waals surface area contributed by atoms with Gasteiger partial charge in [0.15, 0.2) is 0 Å². The number of benzene rings is 2. The molecule has 1 aliphatic rings. The first-order valence-electron chi connectivity index (χ1n) is 12.5. The summed E-state index contributed by atoms with van der Waals surface area (Å²) < 4.78 is 0. The number of carbonyl (C=O) groups excluding carboxylic acids is 1. The molecule has 4 heteroatoms. The van der Waals surface area contributed by atoms with Gasteiger partial charge in [0, 0.05) is 24.1 Å². The van der Waals surface area contributed by atoms with Gasteiger partial charge in [0.05, 0.1) is 0 Å². The van der Waals surface area contributed by atoms with Crippen LogP contribution in [-0.2, 0) is 5.41 Å². The molecule has 0 aromatic heterocycles. The molecule has 0 unspecified atom stereocenters. The Morgan fingerprint density at radius 2 is 1.62 bits per heavy atom. The zero-order valence-electron chi connectivity index (χ0n) is 20.1. The fraction of sp³-hybridized carbons (Fsp3) is 0.536. The van der Waals surface area contributed by atoms with Gasteiger partial charge in [0.2, 0.25) is 0 Å². The van der Waals surface area contributed by atoms with Crippen LogP contribution in [0.2, 0.25) is 0 Å². The van der Waals surface area contributed by atoms with Crippen LogP contribution in [0.5, 0.6) is 5.75 Å². The van der Waals surface area contributed by atoms with Crippen molar-refractivity contribution in [2.24, 2.45) is 0 Å². The van der Waals surface area contributed by atoms with E-state index in [9.17, 15) is 9.90 Å². The van der Waals surface area contributed by atoms with Crippen LogP contribution in [-0.4, -0.2) is 53.5 Å². The van der Waals surface area contributed by atoms with Crippen molar-refractivity contribution in [2.75, 3.05) is 32.7 Å². The number of carbonyl (C=O) groups is 1. The normalized spacial score (nSPS) is 16.1. The van der Waals surface area contributed by atoms with Gasteiger partial charge in [-0.05, 0) is 88.1 Å². The Labute approximate surface area is 194 Å². The molecule has 1 amide bonds. The number of likely N-dealkylation sites (tertiary alicyclic amines) is 1. The fourth-order valence-corrected chi connectivity index (χ4v) is 5.09. The maximum atomic E-state index is 12.8. The molecular formula is C28H40N2O2. The molecule has 2 aromatic rings. The van der Waals surface area contributed by atoms with Crippen molar-refractivity contribution >= 4 is 5.91 Å². The number of hydrogen-bond donors (Lipinski definition) is 1. The highest BCUT2D eigenvalue weighted by molar-refractivity contribution is 5.94. The number of phenolic OH excluding ortho intramolecular Hbond substituents is 1. The Bertz CT molecular complexity index is 850. The van der Waals surface area contributed by atoms with E-state index in [2.05, 4.69) is 30.0 Å². The van der Waals surface area contributed by atoms with Crippen LogP contribution < -0.4 is 0 Å². The summed E-state index contributed by atoms with van der Waals surface area (Å²) in [6, 6.07) is 16.0. The average molecular weight is 437 g/mol. The molecule has 1 fully saturated rings. The first-order chi connectivity index (χ1) is 15.5. The SMILES string of the molecule is CCCCCCN1CCC(c2ccc(C(=O)N(CC)CC)cc2)(c2cccc(O)c2)CC1. The molecule has 1 heterocycles. The van der Waals surface area contributed by atoms with E-state index in [1.54, 1.807) is 6.07 Å². The summed E-state index contributed by atoms with van der Waals surface area (Å²) in [7, 11) is 0. The number of unbranched alkanes of at least 4 members (excludes halogenated alkanes) is 3. The summed E-state index contributed by atoms with van der Waals surface area (Å²) >= 11 is 0. The minimum atomic E-state index is -0.130. The van der Waals surface area contributed by atoms with Gasteiger partial charge < -0.3 is 14.9 Å². The van der Waals surface area contributed by atoms with Crippen molar-refractivity contribution in [3.05, 3.63) is 65.2 Å². The van der Waals surface area contributed by atoms with Crippen LogP contribution in [0.3, 0.4) is 0 Å². The van der Waals surface area contributed by atoms with Crippen molar-refractivity contribution in [1.29, 1.82) is 0 Å². The highest BCUT2D eigenvalue weighted by Crippen LogP contribution is 2.42. The molecule has 4 nitrogen and oxygen atoms in total. The van der Waals surface area contributed by atoms with Gasteiger partial charge in [0.25, 0.3) is 5.91 Å². The van der Waals surface area contributed by atoms with E-state index >= 15 is 0 Å². The lowest BCUT2D eigenvalue weighted by Gasteiger charge is -2.43. The third kappa shape index (κ3) is 5.53. The Morgan fingerprint density at radius 1 is 0.938 bits per heavy atom. The molecule has 3 rings (SSSR count). The Morgan fingerprint density at radius 3 is 2.22 bits per heavy atom. The van der Waals surface area contributed by atoms with Gasteiger partial charge in [-0.15, -0.1) is 0 Å². The van der Waals surface area contributed by atoms with Crippen molar-refractivity contribution in [3.63, 3.8) is 0 Å². The van der Waals surface area contributed by atoms with E-state index in [4.69, 9.17) is 0 Å². The summed E-state index contributed by atoms with van der Waals surface area (Å²) in [5.74, 6) is 0.409. The molecule has 2 aromatic carbocycles. The second-order valence-corrected chi connectivity index (χ2v) is 9.09. The number of amides is 1. The quantitative estimate of drug-likeness (QED) is 0.476. The van der Waals surface area contributed by atoms with E-state index < -0.39 is 0 Å². The van der Waals surface area contributed by atoms with Gasteiger partial charge >= 0.3 is 0 Å². The van der Waals surface area contributed by atoms with E-state index in [0.717, 1.165) is 44.6 Å². The van der Waals surface area contributed by atoms with Gasteiger partial charge in [0.1, 0.15) is 5.75 Å².